The van der Waals surface area contributed by atoms with Gasteiger partial charge in [-0.2, -0.15) is 0 Å². The van der Waals surface area contributed by atoms with Crippen LogP contribution in [-0.2, 0) is 0 Å². The largest absolute Gasteiger partial charge is 0.492 e. The van der Waals surface area contributed by atoms with Crippen molar-refractivity contribution in [2.45, 2.75) is 25.4 Å². The second kappa shape index (κ2) is 6.04. The van der Waals surface area contributed by atoms with Gasteiger partial charge in [-0.3, -0.25) is 4.90 Å². The number of hydrogen-bond acceptors (Lipinski definition) is 3. The molecule has 0 bridgehead atoms. The molecule has 2 aromatic carbocycles. The standard InChI is InChI=1S/C18H23NO2/c1-18(20)9-4-10-19(14-18)11-12-21-17-8-7-15-5-2-3-6-16(15)13-17/h2-3,5-8,13,20H,4,9-12,14H2,1H3. The van der Waals surface area contributed by atoms with Crippen molar-refractivity contribution in [1.82, 2.24) is 4.90 Å². The Morgan fingerprint density at radius 3 is 2.81 bits per heavy atom. The smallest absolute Gasteiger partial charge is 0.120 e. The highest BCUT2D eigenvalue weighted by molar-refractivity contribution is 5.83. The van der Waals surface area contributed by atoms with E-state index < -0.39 is 5.60 Å². The molecule has 1 saturated heterocycles. The molecule has 0 aromatic heterocycles. The topological polar surface area (TPSA) is 32.7 Å². The highest BCUT2D eigenvalue weighted by atomic mass is 16.5. The molecular weight excluding hydrogens is 262 g/mol. The molecule has 1 heterocycles. The Morgan fingerprint density at radius 2 is 2.00 bits per heavy atom. The lowest BCUT2D eigenvalue weighted by Crippen LogP contribution is -2.47. The molecule has 3 nitrogen and oxygen atoms in total. The zero-order valence-electron chi connectivity index (χ0n) is 12.6. The number of fused-ring (bicyclic) bond motifs is 1. The molecule has 21 heavy (non-hydrogen) atoms. The number of hydrogen-bond donors (Lipinski definition) is 1. The molecule has 3 heteroatoms. The van der Waals surface area contributed by atoms with Crippen LogP contribution in [0.25, 0.3) is 10.8 Å². The van der Waals surface area contributed by atoms with Gasteiger partial charge in [0.2, 0.25) is 0 Å². The summed E-state index contributed by atoms with van der Waals surface area (Å²) < 4.78 is 5.86. The molecule has 1 unspecified atom stereocenters. The molecule has 1 N–H and O–H groups in total. The van der Waals surface area contributed by atoms with Crippen molar-refractivity contribution in [2.24, 2.45) is 0 Å². The van der Waals surface area contributed by atoms with Crippen molar-refractivity contribution in [3.8, 4) is 5.75 Å². The number of aliphatic hydroxyl groups is 1. The minimum absolute atomic E-state index is 0.540. The first-order valence-electron chi connectivity index (χ1n) is 7.69. The molecule has 1 atom stereocenters. The summed E-state index contributed by atoms with van der Waals surface area (Å²) in [4.78, 5) is 2.28. The first-order valence-corrected chi connectivity index (χ1v) is 7.69. The van der Waals surface area contributed by atoms with Crippen LogP contribution in [0.2, 0.25) is 0 Å². The molecule has 0 spiro atoms. The molecule has 0 aliphatic carbocycles. The lowest BCUT2D eigenvalue weighted by molar-refractivity contribution is -0.0183. The number of nitrogens with zero attached hydrogens (tertiary/aromatic N) is 1. The number of β-amino-alcohol motifs (C(OH)–C–C–N with tert-alkyl or cyclic N) is 1. The van der Waals surface area contributed by atoms with Crippen molar-refractivity contribution in [3.63, 3.8) is 0 Å². The highest BCUT2D eigenvalue weighted by Crippen LogP contribution is 2.22. The van der Waals surface area contributed by atoms with Gasteiger partial charge in [0.05, 0.1) is 5.60 Å². The third-order valence-corrected chi connectivity index (χ3v) is 4.15. The van der Waals surface area contributed by atoms with Crippen LogP contribution in [0.3, 0.4) is 0 Å². The lowest BCUT2D eigenvalue weighted by Gasteiger charge is -2.36. The second-order valence-electron chi connectivity index (χ2n) is 6.23. The first-order chi connectivity index (χ1) is 10.1. The van der Waals surface area contributed by atoms with Crippen LogP contribution in [0.1, 0.15) is 19.8 Å². The van der Waals surface area contributed by atoms with E-state index in [0.29, 0.717) is 6.61 Å². The number of rotatable bonds is 4. The number of benzene rings is 2. The lowest BCUT2D eigenvalue weighted by atomic mass is 9.95. The molecule has 1 aliphatic rings. The molecule has 2 aromatic rings. The summed E-state index contributed by atoms with van der Waals surface area (Å²) in [7, 11) is 0. The molecule has 0 saturated carbocycles. The predicted octanol–water partition coefficient (Wildman–Crippen LogP) is 3.07. The molecular formula is C18H23NO2. The van der Waals surface area contributed by atoms with E-state index in [1.54, 1.807) is 0 Å². The van der Waals surface area contributed by atoms with E-state index in [9.17, 15) is 5.11 Å². The van der Waals surface area contributed by atoms with Gasteiger partial charge in [-0.05, 0) is 49.2 Å². The minimum atomic E-state index is -0.540. The van der Waals surface area contributed by atoms with Gasteiger partial charge in [0.1, 0.15) is 12.4 Å². The van der Waals surface area contributed by atoms with Crippen molar-refractivity contribution in [1.29, 1.82) is 0 Å². The summed E-state index contributed by atoms with van der Waals surface area (Å²) in [6, 6.07) is 14.5. The van der Waals surface area contributed by atoms with Crippen LogP contribution in [-0.4, -0.2) is 41.8 Å². The maximum absolute atomic E-state index is 10.1. The van der Waals surface area contributed by atoms with Crippen molar-refractivity contribution >= 4 is 10.8 Å². The summed E-state index contributed by atoms with van der Waals surface area (Å²) >= 11 is 0. The predicted molar refractivity (Wildman–Crippen MR) is 85.7 cm³/mol. The number of ether oxygens (including phenoxy) is 1. The van der Waals surface area contributed by atoms with Crippen LogP contribution in [0.4, 0.5) is 0 Å². The summed E-state index contributed by atoms with van der Waals surface area (Å²) in [6.07, 6.45) is 1.96. The zero-order chi connectivity index (χ0) is 14.7. The average molecular weight is 285 g/mol. The quantitative estimate of drug-likeness (QED) is 0.937. The normalized spacial score (nSPS) is 23.3. The van der Waals surface area contributed by atoms with Gasteiger partial charge in [-0.15, -0.1) is 0 Å². The molecule has 112 valence electrons. The summed E-state index contributed by atoms with van der Waals surface area (Å²) in [5.41, 5.74) is -0.540. The Kier molecular flexibility index (Phi) is 4.13. The SMILES string of the molecule is CC1(O)CCCN(CCOc2ccc3ccccc3c2)C1. The summed E-state index contributed by atoms with van der Waals surface area (Å²) in [5, 5.41) is 12.5. The minimum Gasteiger partial charge on any atom is -0.492 e. The van der Waals surface area contributed by atoms with Crippen LogP contribution in [0.15, 0.2) is 42.5 Å². The van der Waals surface area contributed by atoms with E-state index in [1.165, 1.54) is 10.8 Å². The van der Waals surface area contributed by atoms with Crippen molar-refractivity contribution < 1.29 is 9.84 Å². The third kappa shape index (κ3) is 3.74. The summed E-state index contributed by atoms with van der Waals surface area (Å²) in [6.45, 7) is 5.24. The number of piperidine rings is 1. The van der Waals surface area contributed by atoms with Gasteiger partial charge in [0.15, 0.2) is 0 Å². The molecule has 1 aliphatic heterocycles. The maximum atomic E-state index is 10.1. The van der Waals surface area contributed by atoms with Crippen LogP contribution < -0.4 is 4.74 Å². The van der Waals surface area contributed by atoms with Crippen LogP contribution >= 0.6 is 0 Å². The van der Waals surface area contributed by atoms with Gasteiger partial charge >= 0.3 is 0 Å². The fourth-order valence-electron chi connectivity index (χ4n) is 3.06. The second-order valence-corrected chi connectivity index (χ2v) is 6.23. The highest BCUT2D eigenvalue weighted by Gasteiger charge is 2.27. The van der Waals surface area contributed by atoms with E-state index in [0.717, 1.165) is 38.2 Å². The Hall–Kier alpha value is -1.58. The maximum Gasteiger partial charge on any atom is 0.120 e. The van der Waals surface area contributed by atoms with Gasteiger partial charge in [0.25, 0.3) is 0 Å². The Labute approximate surface area is 126 Å². The van der Waals surface area contributed by atoms with E-state index in [1.807, 2.05) is 25.1 Å². The van der Waals surface area contributed by atoms with Crippen molar-refractivity contribution in [3.05, 3.63) is 42.5 Å². The monoisotopic (exact) mass is 285 g/mol. The van der Waals surface area contributed by atoms with Gasteiger partial charge in [0, 0.05) is 13.1 Å². The Morgan fingerprint density at radius 1 is 1.19 bits per heavy atom. The van der Waals surface area contributed by atoms with Gasteiger partial charge in [-0.1, -0.05) is 30.3 Å². The van der Waals surface area contributed by atoms with Gasteiger partial charge < -0.3 is 9.84 Å². The molecule has 3 rings (SSSR count). The Bertz CT molecular complexity index is 609. The van der Waals surface area contributed by atoms with Crippen molar-refractivity contribution in [2.75, 3.05) is 26.2 Å². The van der Waals surface area contributed by atoms with Gasteiger partial charge in [-0.25, -0.2) is 0 Å². The van der Waals surface area contributed by atoms with E-state index in [2.05, 4.69) is 29.2 Å². The molecule has 0 amide bonds. The third-order valence-electron chi connectivity index (χ3n) is 4.15. The summed E-state index contributed by atoms with van der Waals surface area (Å²) in [5.74, 6) is 0.914. The van der Waals surface area contributed by atoms with Crippen LogP contribution in [0, 0.1) is 0 Å². The molecule has 0 radical (unpaired) electrons. The average Bonchev–Trinajstić information content (AvgIpc) is 2.46. The zero-order valence-corrected chi connectivity index (χ0v) is 12.6. The van der Waals surface area contributed by atoms with E-state index >= 15 is 0 Å². The first kappa shape index (κ1) is 14.4. The van der Waals surface area contributed by atoms with Crippen LogP contribution in [0.5, 0.6) is 5.75 Å². The molecule has 1 fully saturated rings. The fourth-order valence-corrected chi connectivity index (χ4v) is 3.06. The Balaban J connectivity index is 1.54. The number of likely N-dealkylation sites (tertiary alicyclic amines) is 1. The van der Waals surface area contributed by atoms with E-state index in [4.69, 9.17) is 4.74 Å². The van der Waals surface area contributed by atoms with E-state index in [-0.39, 0.29) is 0 Å². The fraction of sp³-hybridized carbons (Fsp3) is 0.444.